The van der Waals surface area contributed by atoms with Crippen molar-refractivity contribution in [1.29, 1.82) is 0 Å². The maximum Gasteiger partial charge on any atom is 0.137 e. The first kappa shape index (κ1) is 20.7. The topological polar surface area (TPSA) is 34.2 Å². The SMILES string of the molecule is c1cncc(-c2cccc(N3c4ccccc4-n4c5c3cccc5c3ccc5oc6ccccc6c5c34)c2)c1. The van der Waals surface area contributed by atoms with Gasteiger partial charge in [-0.1, -0.05) is 60.7 Å². The summed E-state index contributed by atoms with van der Waals surface area (Å²) in [4.78, 5) is 6.73. The van der Waals surface area contributed by atoms with E-state index in [2.05, 4.69) is 118 Å². The van der Waals surface area contributed by atoms with Crippen LogP contribution in [-0.2, 0) is 0 Å². The molecule has 0 saturated carbocycles. The number of fused-ring (bicyclic) bond motifs is 9. The number of rotatable bonds is 2. The number of hydrogen-bond acceptors (Lipinski definition) is 3. The van der Waals surface area contributed by atoms with Crippen LogP contribution in [0.1, 0.15) is 0 Å². The van der Waals surface area contributed by atoms with Crippen molar-refractivity contribution in [3.63, 3.8) is 0 Å². The second-order valence-corrected chi connectivity index (χ2v) is 10.1. The molecule has 0 aliphatic carbocycles. The minimum atomic E-state index is 0.911. The number of furan rings is 1. The molecule has 1 aliphatic rings. The summed E-state index contributed by atoms with van der Waals surface area (Å²) in [5.41, 5.74) is 11.0. The minimum absolute atomic E-state index is 0.911. The second-order valence-electron chi connectivity index (χ2n) is 10.1. The van der Waals surface area contributed by atoms with Crippen LogP contribution in [0.15, 0.2) is 132 Å². The van der Waals surface area contributed by atoms with Gasteiger partial charge in [-0.3, -0.25) is 4.98 Å². The monoisotopic (exact) mass is 499 g/mol. The van der Waals surface area contributed by atoms with Gasteiger partial charge < -0.3 is 13.9 Å². The van der Waals surface area contributed by atoms with Crippen molar-refractivity contribution < 1.29 is 4.42 Å². The molecule has 4 nitrogen and oxygen atoms in total. The maximum absolute atomic E-state index is 6.31. The lowest BCUT2D eigenvalue weighted by Gasteiger charge is -2.33. The van der Waals surface area contributed by atoms with Crippen LogP contribution in [0, 0.1) is 0 Å². The molecule has 0 bridgehead atoms. The maximum atomic E-state index is 6.31. The zero-order valence-electron chi connectivity index (χ0n) is 20.9. The summed E-state index contributed by atoms with van der Waals surface area (Å²) in [6, 6.07) is 40.8. The van der Waals surface area contributed by atoms with Gasteiger partial charge in [0.25, 0.3) is 0 Å². The highest BCUT2D eigenvalue weighted by molar-refractivity contribution is 6.27. The molecule has 39 heavy (non-hydrogen) atoms. The van der Waals surface area contributed by atoms with E-state index in [9.17, 15) is 0 Å². The van der Waals surface area contributed by atoms with E-state index in [4.69, 9.17) is 4.42 Å². The number of hydrogen-bond donors (Lipinski definition) is 0. The standard InChI is InChI=1S/C35H21N3O/c1-4-16-31-27(11-1)33-32(39-31)18-17-26-25-12-6-15-30-34(25)38(35(26)33)29-14-3-2-13-28(29)37(30)24-10-5-8-22(20-24)23-9-7-19-36-21-23/h1-21H. The fraction of sp³-hybridized carbons (Fsp3) is 0. The van der Waals surface area contributed by atoms with Crippen molar-refractivity contribution in [2.24, 2.45) is 0 Å². The van der Waals surface area contributed by atoms with Gasteiger partial charge in [-0.25, -0.2) is 0 Å². The number of benzene rings is 5. The zero-order valence-corrected chi connectivity index (χ0v) is 20.9. The predicted octanol–water partition coefficient (Wildman–Crippen LogP) is 9.53. The van der Waals surface area contributed by atoms with Crippen LogP contribution < -0.4 is 4.90 Å². The Balaban J connectivity index is 1.42. The van der Waals surface area contributed by atoms with Crippen LogP contribution in [0.25, 0.3) is 60.6 Å². The number of pyridine rings is 1. The fourth-order valence-electron chi connectivity index (χ4n) is 6.37. The largest absolute Gasteiger partial charge is 0.456 e. The predicted molar refractivity (Wildman–Crippen MR) is 160 cm³/mol. The highest BCUT2D eigenvalue weighted by Gasteiger charge is 2.29. The summed E-state index contributed by atoms with van der Waals surface area (Å²) in [7, 11) is 0. The van der Waals surface area contributed by atoms with Crippen LogP contribution in [0.3, 0.4) is 0 Å². The van der Waals surface area contributed by atoms with Crippen LogP contribution in [0.4, 0.5) is 17.1 Å². The highest BCUT2D eigenvalue weighted by Crippen LogP contribution is 2.51. The second kappa shape index (κ2) is 7.59. The number of nitrogens with zero attached hydrogens (tertiary/aromatic N) is 3. The normalized spacial score (nSPS) is 12.6. The Morgan fingerprint density at radius 3 is 2.23 bits per heavy atom. The lowest BCUT2D eigenvalue weighted by atomic mass is 10.0. The Morgan fingerprint density at radius 1 is 0.538 bits per heavy atom. The smallest absolute Gasteiger partial charge is 0.137 e. The summed E-state index contributed by atoms with van der Waals surface area (Å²) in [5.74, 6) is 0. The van der Waals surface area contributed by atoms with Gasteiger partial charge in [-0.05, 0) is 60.2 Å². The van der Waals surface area contributed by atoms with Gasteiger partial charge in [0, 0.05) is 39.8 Å². The van der Waals surface area contributed by atoms with Crippen molar-refractivity contribution in [2.75, 3.05) is 4.90 Å². The van der Waals surface area contributed by atoms with Crippen LogP contribution in [0.2, 0.25) is 0 Å². The van der Waals surface area contributed by atoms with Crippen molar-refractivity contribution >= 4 is 60.8 Å². The summed E-state index contributed by atoms with van der Waals surface area (Å²) >= 11 is 0. The molecule has 3 aromatic heterocycles. The molecule has 4 heterocycles. The molecule has 1 aliphatic heterocycles. The van der Waals surface area contributed by atoms with Gasteiger partial charge in [-0.2, -0.15) is 0 Å². The first-order valence-electron chi connectivity index (χ1n) is 13.1. The van der Waals surface area contributed by atoms with Crippen LogP contribution in [-0.4, -0.2) is 9.55 Å². The summed E-state index contributed by atoms with van der Waals surface area (Å²) in [6.07, 6.45) is 3.73. The average Bonchev–Trinajstić information content (AvgIpc) is 3.55. The minimum Gasteiger partial charge on any atom is -0.456 e. The molecular formula is C35H21N3O. The molecule has 0 spiro atoms. The summed E-state index contributed by atoms with van der Waals surface area (Å²) in [6.45, 7) is 0. The van der Waals surface area contributed by atoms with E-state index in [-0.39, 0.29) is 0 Å². The Morgan fingerprint density at radius 2 is 1.31 bits per heavy atom. The van der Waals surface area contributed by atoms with Gasteiger partial charge in [0.1, 0.15) is 11.2 Å². The molecule has 0 saturated heterocycles. The third-order valence-electron chi connectivity index (χ3n) is 7.97. The molecule has 8 aromatic rings. The molecule has 182 valence electrons. The highest BCUT2D eigenvalue weighted by atomic mass is 16.3. The van der Waals surface area contributed by atoms with E-state index in [1.165, 1.54) is 21.8 Å². The molecule has 5 aromatic carbocycles. The molecule has 0 amide bonds. The number of aromatic nitrogens is 2. The molecule has 0 N–H and O–H groups in total. The third-order valence-corrected chi connectivity index (χ3v) is 7.97. The fourth-order valence-corrected chi connectivity index (χ4v) is 6.37. The molecule has 9 rings (SSSR count). The van der Waals surface area contributed by atoms with Crippen molar-refractivity contribution in [3.05, 3.63) is 128 Å². The molecule has 0 fully saturated rings. The first-order valence-corrected chi connectivity index (χ1v) is 13.1. The van der Waals surface area contributed by atoms with Gasteiger partial charge in [0.2, 0.25) is 0 Å². The van der Waals surface area contributed by atoms with Crippen molar-refractivity contribution in [2.45, 2.75) is 0 Å². The van der Waals surface area contributed by atoms with E-state index >= 15 is 0 Å². The Kier molecular flexibility index (Phi) is 4.02. The van der Waals surface area contributed by atoms with Crippen LogP contribution >= 0.6 is 0 Å². The lowest BCUT2D eigenvalue weighted by Crippen LogP contribution is -2.18. The van der Waals surface area contributed by atoms with E-state index in [0.29, 0.717) is 0 Å². The van der Waals surface area contributed by atoms with Gasteiger partial charge in [-0.15, -0.1) is 0 Å². The van der Waals surface area contributed by atoms with E-state index in [0.717, 1.165) is 55.8 Å². The zero-order chi connectivity index (χ0) is 25.5. The quantitative estimate of drug-likeness (QED) is 0.237. The van der Waals surface area contributed by atoms with Crippen molar-refractivity contribution in [3.8, 4) is 16.8 Å². The van der Waals surface area contributed by atoms with Crippen LogP contribution in [0.5, 0.6) is 0 Å². The lowest BCUT2D eigenvalue weighted by molar-refractivity contribution is 0.669. The first-order chi connectivity index (χ1) is 19.4. The average molecular weight is 500 g/mol. The third kappa shape index (κ3) is 2.75. The molecule has 0 radical (unpaired) electrons. The molecule has 4 heteroatoms. The van der Waals surface area contributed by atoms with Crippen molar-refractivity contribution in [1.82, 2.24) is 9.55 Å². The Bertz CT molecular complexity index is 2240. The van der Waals surface area contributed by atoms with E-state index < -0.39 is 0 Å². The number of para-hydroxylation sites is 4. The summed E-state index contributed by atoms with van der Waals surface area (Å²) in [5, 5.41) is 4.76. The Hall–Kier alpha value is -5.35. The number of anilines is 3. The van der Waals surface area contributed by atoms with Gasteiger partial charge in [0.05, 0.1) is 33.5 Å². The van der Waals surface area contributed by atoms with E-state index in [1.54, 1.807) is 0 Å². The summed E-state index contributed by atoms with van der Waals surface area (Å²) < 4.78 is 8.75. The molecular weight excluding hydrogens is 478 g/mol. The molecule has 0 atom stereocenters. The Labute approximate surface area is 224 Å². The molecule has 0 unspecified atom stereocenters. The van der Waals surface area contributed by atoms with Gasteiger partial charge >= 0.3 is 0 Å². The van der Waals surface area contributed by atoms with Gasteiger partial charge in [0.15, 0.2) is 0 Å². The van der Waals surface area contributed by atoms with E-state index in [1.807, 2.05) is 24.5 Å².